The number of hydrogen-bond donors (Lipinski definition) is 2. The van der Waals surface area contributed by atoms with Crippen LogP contribution in [0.4, 0.5) is 0 Å². The number of carbonyl (C=O) groups is 1. The zero-order chi connectivity index (χ0) is 12.5. The summed E-state index contributed by atoms with van der Waals surface area (Å²) in [6.45, 7) is 0.777. The van der Waals surface area contributed by atoms with Crippen LogP contribution in [0.3, 0.4) is 0 Å². The van der Waals surface area contributed by atoms with Crippen LogP contribution in [-0.2, 0) is 4.74 Å². The predicted molar refractivity (Wildman–Crippen MR) is 68.4 cm³/mol. The Hall–Kier alpha value is -2.23. The Labute approximate surface area is 104 Å². The summed E-state index contributed by atoms with van der Waals surface area (Å²) in [5.41, 5.74) is 3.32. The van der Waals surface area contributed by atoms with Gasteiger partial charge in [-0.15, -0.1) is 0 Å². The lowest BCUT2D eigenvalue weighted by Crippen LogP contribution is -1.98. The van der Waals surface area contributed by atoms with Crippen molar-refractivity contribution < 1.29 is 14.6 Å². The molecule has 1 aromatic heterocycles. The van der Waals surface area contributed by atoms with Gasteiger partial charge in [0.15, 0.2) is 0 Å². The Morgan fingerprint density at radius 2 is 2.22 bits per heavy atom. The molecule has 0 fully saturated rings. The number of rotatable bonds is 2. The third kappa shape index (κ3) is 1.86. The van der Waals surface area contributed by atoms with Gasteiger partial charge in [-0.3, -0.25) is 0 Å². The molecule has 1 aliphatic rings. The second kappa shape index (κ2) is 4.22. The molecule has 0 spiro atoms. The van der Waals surface area contributed by atoms with Crippen molar-refractivity contribution in [3.63, 3.8) is 0 Å². The van der Waals surface area contributed by atoms with Gasteiger partial charge in [-0.1, -0.05) is 6.07 Å². The second-order valence-electron chi connectivity index (χ2n) is 4.41. The number of benzene rings is 1. The molecule has 0 amide bonds. The minimum Gasteiger partial charge on any atom is -0.501 e. The topological polar surface area (TPSA) is 62.3 Å². The van der Waals surface area contributed by atoms with E-state index in [0.717, 1.165) is 35.9 Å². The first-order chi connectivity index (χ1) is 8.74. The van der Waals surface area contributed by atoms with E-state index in [1.807, 2.05) is 18.2 Å². The second-order valence-corrected chi connectivity index (χ2v) is 4.41. The molecule has 1 aromatic carbocycles. The summed E-state index contributed by atoms with van der Waals surface area (Å²) in [4.78, 5) is 13.8. The Morgan fingerprint density at radius 1 is 1.33 bits per heavy atom. The maximum atomic E-state index is 10.9. The molecule has 3 rings (SSSR count). The largest absolute Gasteiger partial charge is 0.501 e. The Balaban J connectivity index is 2.05. The average Bonchev–Trinajstić information content (AvgIpc) is 2.82. The van der Waals surface area contributed by atoms with Crippen LogP contribution in [0.15, 0.2) is 30.5 Å². The predicted octanol–water partition coefficient (Wildman–Crippen LogP) is 3.02. The molecule has 0 unspecified atom stereocenters. The van der Waals surface area contributed by atoms with E-state index in [4.69, 9.17) is 9.84 Å². The third-order valence-corrected chi connectivity index (χ3v) is 3.16. The number of nitrogens with one attached hydrogen (secondary N) is 1. The van der Waals surface area contributed by atoms with Crippen molar-refractivity contribution in [2.75, 3.05) is 6.61 Å². The highest BCUT2D eigenvalue weighted by atomic mass is 16.5. The van der Waals surface area contributed by atoms with E-state index in [1.54, 1.807) is 12.3 Å². The number of allylic oxidation sites excluding steroid dienone is 1. The molecule has 92 valence electrons. The van der Waals surface area contributed by atoms with Gasteiger partial charge < -0.3 is 14.8 Å². The van der Waals surface area contributed by atoms with Crippen molar-refractivity contribution in [3.8, 4) is 0 Å². The number of H-pyrrole nitrogens is 1. The fraction of sp³-hybridized carbons (Fsp3) is 0.214. The van der Waals surface area contributed by atoms with Gasteiger partial charge in [0.05, 0.1) is 12.9 Å². The molecule has 4 nitrogen and oxygen atoms in total. The van der Waals surface area contributed by atoms with Crippen LogP contribution in [0.1, 0.15) is 28.9 Å². The maximum absolute atomic E-state index is 10.9. The summed E-state index contributed by atoms with van der Waals surface area (Å²) in [5.74, 6) is -0.937. The molecule has 0 bridgehead atoms. The van der Waals surface area contributed by atoms with Crippen LogP contribution >= 0.6 is 0 Å². The number of hydrogen-bond acceptors (Lipinski definition) is 2. The molecule has 2 heterocycles. The highest BCUT2D eigenvalue weighted by Crippen LogP contribution is 2.26. The molecular formula is C14H13NO3. The van der Waals surface area contributed by atoms with E-state index in [-0.39, 0.29) is 5.69 Å². The number of aromatic amines is 1. The van der Waals surface area contributed by atoms with Crippen molar-refractivity contribution in [1.29, 1.82) is 0 Å². The van der Waals surface area contributed by atoms with E-state index >= 15 is 0 Å². The number of carboxylic acids is 1. The van der Waals surface area contributed by atoms with Crippen molar-refractivity contribution in [1.82, 2.24) is 4.98 Å². The lowest BCUT2D eigenvalue weighted by molar-refractivity contribution is 0.0691. The highest BCUT2D eigenvalue weighted by Gasteiger charge is 2.11. The van der Waals surface area contributed by atoms with E-state index in [0.29, 0.717) is 0 Å². The molecular weight excluding hydrogens is 230 g/mol. The fourth-order valence-electron chi connectivity index (χ4n) is 2.22. The Bertz CT molecular complexity index is 640. The first kappa shape index (κ1) is 10.9. The van der Waals surface area contributed by atoms with Gasteiger partial charge in [-0.2, -0.15) is 0 Å². The zero-order valence-electron chi connectivity index (χ0n) is 9.77. The molecule has 0 radical (unpaired) electrons. The lowest BCUT2D eigenvalue weighted by atomic mass is 10.0. The molecule has 0 saturated heterocycles. The van der Waals surface area contributed by atoms with Gasteiger partial charge in [0.25, 0.3) is 0 Å². The highest BCUT2D eigenvalue weighted by molar-refractivity contribution is 5.94. The van der Waals surface area contributed by atoms with Crippen LogP contribution in [0.2, 0.25) is 0 Å². The molecule has 0 atom stereocenters. The van der Waals surface area contributed by atoms with Gasteiger partial charge in [-0.25, -0.2) is 4.79 Å². The normalized spacial score (nSPS) is 15.2. The standard InChI is InChI=1S/C14H13NO3/c16-14(17)13-7-11-6-9(3-4-12(11)15-13)10-2-1-5-18-8-10/h3-4,6-8,15H,1-2,5H2,(H,16,17). The van der Waals surface area contributed by atoms with Gasteiger partial charge in [0.2, 0.25) is 0 Å². The quantitative estimate of drug-likeness (QED) is 0.852. The smallest absolute Gasteiger partial charge is 0.352 e. The summed E-state index contributed by atoms with van der Waals surface area (Å²) in [6.07, 6.45) is 3.83. The van der Waals surface area contributed by atoms with Crippen LogP contribution in [0, 0.1) is 0 Å². The van der Waals surface area contributed by atoms with Crippen LogP contribution < -0.4 is 0 Å². The van der Waals surface area contributed by atoms with Crippen molar-refractivity contribution >= 4 is 22.4 Å². The van der Waals surface area contributed by atoms with Crippen molar-refractivity contribution in [2.24, 2.45) is 0 Å². The third-order valence-electron chi connectivity index (χ3n) is 3.16. The minimum absolute atomic E-state index is 0.219. The van der Waals surface area contributed by atoms with Gasteiger partial charge >= 0.3 is 5.97 Å². The summed E-state index contributed by atoms with van der Waals surface area (Å²) in [5, 5.41) is 9.85. The van der Waals surface area contributed by atoms with E-state index in [2.05, 4.69) is 4.98 Å². The average molecular weight is 243 g/mol. The van der Waals surface area contributed by atoms with Gasteiger partial charge in [0.1, 0.15) is 5.69 Å². The molecule has 2 N–H and O–H groups in total. The van der Waals surface area contributed by atoms with E-state index in [1.165, 1.54) is 5.57 Å². The van der Waals surface area contributed by atoms with Crippen molar-refractivity contribution in [2.45, 2.75) is 12.8 Å². The van der Waals surface area contributed by atoms with Gasteiger partial charge in [0, 0.05) is 10.9 Å². The molecule has 2 aromatic rings. The lowest BCUT2D eigenvalue weighted by Gasteiger charge is -2.13. The Kier molecular flexibility index (Phi) is 2.55. The van der Waals surface area contributed by atoms with Crippen LogP contribution in [0.25, 0.3) is 16.5 Å². The van der Waals surface area contributed by atoms with Gasteiger partial charge in [-0.05, 0) is 42.2 Å². The first-order valence-electron chi connectivity index (χ1n) is 5.91. The monoisotopic (exact) mass is 243 g/mol. The van der Waals surface area contributed by atoms with Crippen molar-refractivity contribution in [3.05, 3.63) is 41.8 Å². The SMILES string of the molecule is O=C(O)c1cc2cc(C3=COCCC3)ccc2[nH]1. The maximum Gasteiger partial charge on any atom is 0.352 e. The summed E-state index contributed by atoms with van der Waals surface area (Å²) in [6, 6.07) is 7.56. The summed E-state index contributed by atoms with van der Waals surface area (Å²) < 4.78 is 5.33. The van der Waals surface area contributed by atoms with E-state index in [9.17, 15) is 4.79 Å². The Morgan fingerprint density at radius 3 is 2.94 bits per heavy atom. The zero-order valence-corrected chi connectivity index (χ0v) is 9.77. The van der Waals surface area contributed by atoms with E-state index < -0.39 is 5.97 Å². The number of ether oxygens (including phenoxy) is 1. The molecule has 18 heavy (non-hydrogen) atoms. The number of aromatic carboxylic acids is 1. The number of aromatic nitrogens is 1. The fourth-order valence-corrected chi connectivity index (χ4v) is 2.22. The minimum atomic E-state index is -0.937. The van der Waals surface area contributed by atoms with Crippen LogP contribution in [0.5, 0.6) is 0 Å². The number of fused-ring (bicyclic) bond motifs is 1. The molecule has 1 aliphatic heterocycles. The summed E-state index contributed by atoms with van der Waals surface area (Å²) in [7, 11) is 0. The molecule has 0 aliphatic carbocycles. The first-order valence-corrected chi connectivity index (χ1v) is 5.91. The number of carboxylic acid groups (broad SMARTS) is 1. The summed E-state index contributed by atoms with van der Waals surface area (Å²) >= 11 is 0. The molecule has 0 saturated carbocycles. The molecule has 4 heteroatoms. The van der Waals surface area contributed by atoms with Crippen LogP contribution in [-0.4, -0.2) is 22.7 Å².